The number of amidine groups is 1. The third kappa shape index (κ3) is 5.71. The van der Waals surface area contributed by atoms with Crippen LogP contribution in [-0.4, -0.2) is 36.7 Å². The molecular weight excluding hydrogens is 384 g/mol. The molecule has 2 aromatic carbocycles. The second kappa shape index (κ2) is 9.76. The summed E-state index contributed by atoms with van der Waals surface area (Å²) < 4.78 is 17.0. The van der Waals surface area contributed by atoms with Gasteiger partial charge in [-0.05, 0) is 43.3 Å². The predicted molar refractivity (Wildman–Crippen MR) is 115 cm³/mol. The van der Waals surface area contributed by atoms with Crippen LogP contribution < -0.4 is 14.8 Å². The highest BCUT2D eigenvalue weighted by molar-refractivity contribution is 5.93. The molecule has 1 unspecified atom stereocenters. The van der Waals surface area contributed by atoms with Gasteiger partial charge in [0.1, 0.15) is 29.2 Å². The molecular formula is C23H24N2O5. The summed E-state index contributed by atoms with van der Waals surface area (Å²) in [6.07, 6.45) is 4.27. The molecule has 0 saturated heterocycles. The number of rotatable bonds is 9. The molecule has 0 bridgehead atoms. The quantitative estimate of drug-likeness (QED) is 0.636. The summed E-state index contributed by atoms with van der Waals surface area (Å²) in [6, 6.07) is 11.7. The van der Waals surface area contributed by atoms with E-state index in [1.807, 2.05) is 25.1 Å². The molecule has 0 amide bonds. The third-order valence-corrected chi connectivity index (χ3v) is 4.25. The molecule has 30 heavy (non-hydrogen) atoms. The van der Waals surface area contributed by atoms with Gasteiger partial charge in [-0.3, -0.25) is 0 Å². The lowest BCUT2D eigenvalue weighted by Gasteiger charge is -2.17. The molecule has 2 aromatic rings. The van der Waals surface area contributed by atoms with Gasteiger partial charge < -0.3 is 24.6 Å². The minimum atomic E-state index is -0.988. The summed E-state index contributed by atoms with van der Waals surface area (Å²) in [5, 5.41) is 12.2. The Morgan fingerprint density at radius 2 is 1.90 bits per heavy atom. The Kier molecular flexibility index (Phi) is 6.87. The van der Waals surface area contributed by atoms with E-state index in [2.05, 4.69) is 16.9 Å². The standard InChI is InChI=1S/C23H24N2O5/c1-15(14-28-3)29-20-11-18(16(2)25-22-5-4-10-24-22)12-21(13-20)30-19-8-6-17(7-9-19)23(26)27/h4,6-13,15H,2,5,14H2,1,3H3,(H,24,25)(H,26,27). The first kappa shape index (κ1) is 21.1. The number of carboxylic acid groups (broad SMARTS) is 1. The SMILES string of the molecule is C=C(NC1=NC=CC1)c1cc(Oc2ccc(C(=O)O)cc2)cc(OC(C)COC)c1. The van der Waals surface area contributed by atoms with Crippen molar-refractivity contribution < 1.29 is 24.1 Å². The fourth-order valence-corrected chi connectivity index (χ4v) is 2.86. The van der Waals surface area contributed by atoms with Gasteiger partial charge in [0, 0.05) is 37.1 Å². The van der Waals surface area contributed by atoms with Crippen LogP contribution in [0.1, 0.15) is 29.3 Å². The van der Waals surface area contributed by atoms with Gasteiger partial charge in [-0.1, -0.05) is 12.7 Å². The number of carbonyl (C=O) groups is 1. The van der Waals surface area contributed by atoms with Crippen molar-refractivity contribution in [2.24, 2.45) is 4.99 Å². The zero-order chi connectivity index (χ0) is 21.5. The van der Waals surface area contributed by atoms with Crippen LogP contribution in [0.5, 0.6) is 17.2 Å². The van der Waals surface area contributed by atoms with Crippen LogP contribution in [0.15, 0.2) is 66.3 Å². The molecule has 0 fully saturated rings. The number of aromatic carboxylic acids is 1. The van der Waals surface area contributed by atoms with Crippen molar-refractivity contribution >= 4 is 17.5 Å². The van der Waals surface area contributed by atoms with Crippen LogP contribution in [-0.2, 0) is 4.74 Å². The second-order valence-corrected chi connectivity index (χ2v) is 6.78. The van der Waals surface area contributed by atoms with Gasteiger partial charge >= 0.3 is 5.97 Å². The third-order valence-electron chi connectivity index (χ3n) is 4.25. The van der Waals surface area contributed by atoms with Crippen LogP contribution in [0.3, 0.4) is 0 Å². The van der Waals surface area contributed by atoms with Crippen molar-refractivity contribution in [1.82, 2.24) is 5.32 Å². The number of nitrogens with one attached hydrogen (secondary N) is 1. The van der Waals surface area contributed by atoms with Gasteiger partial charge in [0.15, 0.2) is 0 Å². The molecule has 3 rings (SSSR count). The molecule has 0 radical (unpaired) electrons. The largest absolute Gasteiger partial charge is 0.488 e. The van der Waals surface area contributed by atoms with E-state index in [-0.39, 0.29) is 11.7 Å². The highest BCUT2D eigenvalue weighted by Crippen LogP contribution is 2.30. The molecule has 0 saturated carbocycles. The average Bonchev–Trinajstić information content (AvgIpc) is 3.21. The summed E-state index contributed by atoms with van der Waals surface area (Å²) >= 11 is 0. The number of benzene rings is 2. The van der Waals surface area contributed by atoms with Gasteiger partial charge in [-0.25, -0.2) is 9.79 Å². The predicted octanol–water partition coefficient (Wildman–Crippen LogP) is 4.47. The number of hydrogen-bond acceptors (Lipinski definition) is 6. The number of ether oxygens (including phenoxy) is 3. The molecule has 0 aliphatic carbocycles. The fourth-order valence-electron chi connectivity index (χ4n) is 2.86. The Morgan fingerprint density at radius 3 is 2.53 bits per heavy atom. The number of hydrogen-bond donors (Lipinski definition) is 2. The van der Waals surface area contributed by atoms with E-state index in [1.165, 1.54) is 12.1 Å². The van der Waals surface area contributed by atoms with Gasteiger partial charge in [0.2, 0.25) is 0 Å². The Bertz CT molecular complexity index is 980. The van der Waals surface area contributed by atoms with Gasteiger partial charge in [-0.2, -0.15) is 0 Å². The van der Waals surface area contributed by atoms with E-state index in [9.17, 15) is 4.79 Å². The van der Waals surface area contributed by atoms with Crippen molar-refractivity contribution in [1.29, 1.82) is 0 Å². The van der Waals surface area contributed by atoms with Crippen LogP contribution >= 0.6 is 0 Å². The monoisotopic (exact) mass is 408 g/mol. The number of methoxy groups -OCH3 is 1. The molecule has 1 heterocycles. The first-order valence-corrected chi connectivity index (χ1v) is 9.44. The normalized spacial score (nSPS) is 13.5. The highest BCUT2D eigenvalue weighted by Gasteiger charge is 2.12. The summed E-state index contributed by atoms with van der Waals surface area (Å²) in [6.45, 7) is 6.46. The molecule has 156 valence electrons. The lowest BCUT2D eigenvalue weighted by molar-refractivity contribution is 0.0697. The molecule has 0 aromatic heterocycles. The van der Waals surface area contributed by atoms with Crippen molar-refractivity contribution in [2.45, 2.75) is 19.4 Å². The minimum Gasteiger partial charge on any atom is -0.488 e. The smallest absolute Gasteiger partial charge is 0.335 e. The van der Waals surface area contributed by atoms with Crippen molar-refractivity contribution in [3.05, 3.63) is 72.4 Å². The average molecular weight is 408 g/mol. The molecule has 1 atom stereocenters. The maximum atomic E-state index is 11.0. The summed E-state index contributed by atoms with van der Waals surface area (Å²) in [4.78, 5) is 15.3. The van der Waals surface area contributed by atoms with Crippen molar-refractivity contribution in [3.63, 3.8) is 0 Å². The van der Waals surface area contributed by atoms with E-state index < -0.39 is 5.97 Å². The van der Waals surface area contributed by atoms with E-state index in [4.69, 9.17) is 19.3 Å². The lowest BCUT2D eigenvalue weighted by atomic mass is 10.1. The van der Waals surface area contributed by atoms with Crippen molar-refractivity contribution in [3.8, 4) is 17.2 Å². The maximum absolute atomic E-state index is 11.0. The fraction of sp³-hybridized carbons (Fsp3) is 0.217. The van der Waals surface area contributed by atoms with Gasteiger partial charge in [0.05, 0.1) is 12.2 Å². The lowest BCUT2D eigenvalue weighted by Crippen LogP contribution is -2.20. The maximum Gasteiger partial charge on any atom is 0.335 e. The second-order valence-electron chi connectivity index (χ2n) is 6.78. The van der Waals surface area contributed by atoms with Gasteiger partial charge in [0.25, 0.3) is 0 Å². The van der Waals surface area contributed by atoms with Gasteiger partial charge in [-0.15, -0.1) is 0 Å². The summed E-state index contributed by atoms with van der Waals surface area (Å²) in [7, 11) is 1.62. The number of aliphatic imine (C=N–C) groups is 1. The topological polar surface area (TPSA) is 89.4 Å². The zero-order valence-corrected chi connectivity index (χ0v) is 16.9. The zero-order valence-electron chi connectivity index (χ0n) is 16.9. The molecule has 2 N–H and O–H groups in total. The summed E-state index contributed by atoms with van der Waals surface area (Å²) in [5.74, 6) is 1.47. The van der Waals surface area contributed by atoms with E-state index in [1.54, 1.807) is 31.5 Å². The number of nitrogens with zero attached hydrogens (tertiary/aromatic N) is 1. The van der Waals surface area contributed by atoms with E-state index in [0.29, 0.717) is 29.6 Å². The first-order chi connectivity index (χ1) is 14.4. The molecule has 1 aliphatic rings. The molecule has 1 aliphatic heterocycles. The van der Waals surface area contributed by atoms with E-state index >= 15 is 0 Å². The number of carboxylic acids is 1. The minimum absolute atomic E-state index is 0.155. The molecule has 7 heteroatoms. The van der Waals surface area contributed by atoms with Crippen molar-refractivity contribution in [2.75, 3.05) is 13.7 Å². The van der Waals surface area contributed by atoms with Crippen LogP contribution in [0.25, 0.3) is 5.70 Å². The van der Waals surface area contributed by atoms with Crippen LogP contribution in [0.4, 0.5) is 0 Å². The van der Waals surface area contributed by atoms with E-state index in [0.717, 1.165) is 17.8 Å². The Balaban J connectivity index is 1.84. The molecule has 7 nitrogen and oxygen atoms in total. The Labute approximate surface area is 175 Å². The van der Waals surface area contributed by atoms with Crippen LogP contribution in [0, 0.1) is 0 Å². The summed E-state index contributed by atoms with van der Waals surface area (Å²) in [5.41, 5.74) is 1.63. The Hall–Kier alpha value is -3.58. The van der Waals surface area contributed by atoms with Crippen LogP contribution in [0.2, 0.25) is 0 Å². The molecule has 0 spiro atoms. The highest BCUT2D eigenvalue weighted by atomic mass is 16.5. The Morgan fingerprint density at radius 1 is 1.17 bits per heavy atom. The first-order valence-electron chi connectivity index (χ1n) is 9.44.